The van der Waals surface area contributed by atoms with Gasteiger partial charge in [0.25, 0.3) is 5.91 Å². The molecular formula is C11H20N6O. The highest BCUT2D eigenvalue weighted by Crippen LogP contribution is 2.14. The number of hydrogen-bond acceptors (Lipinski definition) is 5. The van der Waals surface area contributed by atoms with E-state index in [1.807, 2.05) is 4.90 Å². The molecule has 2 heterocycles. The SMILES string of the molecule is CCC1CN(C)CCCN1C(=O)c1nc(N)n[nH]1. The first-order chi connectivity index (χ1) is 8.61. The zero-order chi connectivity index (χ0) is 13.1. The lowest BCUT2D eigenvalue weighted by Gasteiger charge is -2.29. The first kappa shape index (κ1) is 12.8. The van der Waals surface area contributed by atoms with Crippen LogP contribution in [0.3, 0.4) is 0 Å². The van der Waals surface area contributed by atoms with Crippen molar-refractivity contribution < 1.29 is 4.79 Å². The molecule has 2 rings (SSSR count). The Labute approximate surface area is 106 Å². The molecule has 1 fully saturated rings. The Morgan fingerprint density at radius 3 is 2.94 bits per heavy atom. The van der Waals surface area contributed by atoms with Crippen LogP contribution in [0.4, 0.5) is 5.95 Å². The maximum absolute atomic E-state index is 12.4. The molecule has 0 radical (unpaired) electrons. The number of aromatic nitrogens is 3. The summed E-state index contributed by atoms with van der Waals surface area (Å²) in [6.07, 6.45) is 1.90. The first-order valence-electron chi connectivity index (χ1n) is 6.29. The molecule has 1 aliphatic rings. The fourth-order valence-corrected chi connectivity index (χ4v) is 2.37. The summed E-state index contributed by atoms with van der Waals surface area (Å²) in [6, 6.07) is 0.219. The molecule has 1 saturated heterocycles. The Morgan fingerprint density at radius 2 is 2.33 bits per heavy atom. The minimum Gasteiger partial charge on any atom is -0.366 e. The van der Waals surface area contributed by atoms with E-state index in [0.717, 1.165) is 32.5 Å². The van der Waals surface area contributed by atoms with Crippen LogP contribution in [-0.4, -0.2) is 63.6 Å². The predicted octanol–water partition coefficient (Wildman–Crippen LogP) is -0.0568. The van der Waals surface area contributed by atoms with Crippen LogP contribution < -0.4 is 5.73 Å². The molecule has 1 aromatic heterocycles. The van der Waals surface area contributed by atoms with Crippen LogP contribution in [-0.2, 0) is 0 Å². The van der Waals surface area contributed by atoms with Gasteiger partial charge in [0.05, 0.1) is 0 Å². The fraction of sp³-hybridized carbons (Fsp3) is 0.727. The normalized spacial score (nSPS) is 21.9. The number of H-pyrrole nitrogens is 1. The van der Waals surface area contributed by atoms with E-state index in [4.69, 9.17) is 5.73 Å². The summed E-state index contributed by atoms with van der Waals surface area (Å²) in [5, 5.41) is 6.29. The maximum atomic E-state index is 12.4. The predicted molar refractivity (Wildman–Crippen MR) is 68.0 cm³/mol. The number of likely N-dealkylation sites (N-methyl/N-ethyl adjacent to an activating group) is 1. The van der Waals surface area contributed by atoms with Crippen LogP contribution in [0.1, 0.15) is 30.4 Å². The van der Waals surface area contributed by atoms with Gasteiger partial charge in [0.1, 0.15) is 0 Å². The zero-order valence-electron chi connectivity index (χ0n) is 10.9. The van der Waals surface area contributed by atoms with Gasteiger partial charge in [-0.3, -0.25) is 9.89 Å². The van der Waals surface area contributed by atoms with Crippen LogP contribution in [0.25, 0.3) is 0 Å². The average molecular weight is 252 g/mol. The monoisotopic (exact) mass is 252 g/mol. The van der Waals surface area contributed by atoms with Gasteiger partial charge in [0, 0.05) is 19.1 Å². The molecule has 100 valence electrons. The minimum absolute atomic E-state index is 0.110. The maximum Gasteiger partial charge on any atom is 0.291 e. The van der Waals surface area contributed by atoms with E-state index in [2.05, 4.69) is 34.1 Å². The number of anilines is 1. The molecule has 1 unspecified atom stereocenters. The van der Waals surface area contributed by atoms with Gasteiger partial charge in [0.2, 0.25) is 11.8 Å². The third-order valence-corrected chi connectivity index (χ3v) is 3.34. The summed E-state index contributed by atoms with van der Waals surface area (Å²) in [4.78, 5) is 20.4. The molecule has 3 N–H and O–H groups in total. The second kappa shape index (κ2) is 5.34. The third kappa shape index (κ3) is 2.61. The average Bonchev–Trinajstić information content (AvgIpc) is 2.68. The van der Waals surface area contributed by atoms with Gasteiger partial charge in [-0.05, 0) is 26.4 Å². The number of aromatic amines is 1. The van der Waals surface area contributed by atoms with Crippen LogP contribution in [0.5, 0.6) is 0 Å². The van der Waals surface area contributed by atoms with Gasteiger partial charge in [-0.15, -0.1) is 5.10 Å². The molecule has 7 nitrogen and oxygen atoms in total. The Kier molecular flexibility index (Phi) is 3.81. The van der Waals surface area contributed by atoms with Crippen molar-refractivity contribution in [2.24, 2.45) is 0 Å². The third-order valence-electron chi connectivity index (χ3n) is 3.34. The van der Waals surface area contributed by atoms with Crippen molar-refractivity contribution in [3.63, 3.8) is 0 Å². The van der Waals surface area contributed by atoms with Crippen molar-refractivity contribution in [1.82, 2.24) is 25.0 Å². The molecule has 1 amide bonds. The topological polar surface area (TPSA) is 91.1 Å². The number of hydrogen-bond donors (Lipinski definition) is 2. The Balaban J connectivity index is 2.16. The Hall–Kier alpha value is -1.63. The summed E-state index contributed by atoms with van der Waals surface area (Å²) in [5.74, 6) is 0.232. The summed E-state index contributed by atoms with van der Waals surface area (Å²) in [6.45, 7) is 4.76. The molecule has 1 aliphatic heterocycles. The Morgan fingerprint density at radius 1 is 1.56 bits per heavy atom. The van der Waals surface area contributed by atoms with Gasteiger partial charge in [0.15, 0.2) is 0 Å². The largest absolute Gasteiger partial charge is 0.366 e. The number of amides is 1. The van der Waals surface area contributed by atoms with Gasteiger partial charge >= 0.3 is 0 Å². The van der Waals surface area contributed by atoms with Crippen molar-refractivity contribution in [1.29, 1.82) is 0 Å². The molecule has 0 saturated carbocycles. The van der Waals surface area contributed by atoms with E-state index >= 15 is 0 Å². The van der Waals surface area contributed by atoms with Crippen LogP contribution >= 0.6 is 0 Å². The fourth-order valence-electron chi connectivity index (χ4n) is 2.37. The second-order valence-corrected chi connectivity index (χ2v) is 4.72. The van der Waals surface area contributed by atoms with Crippen LogP contribution in [0.2, 0.25) is 0 Å². The van der Waals surface area contributed by atoms with E-state index < -0.39 is 0 Å². The highest BCUT2D eigenvalue weighted by Gasteiger charge is 2.28. The zero-order valence-corrected chi connectivity index (χ0v) is 10.9. The number of carbonyl (C=O) groups is 1. The number of nitrogens with zero attached hydrogens (tertiary/aromatic N) is 4. The van der Waals surface area contributed by atoms with Crippen molar-refractivity contribution in [3.8, 4) is 0 Å². The molecule has 18 heavy (non-hydrogen) atoms. The summed E-state index contributed by atoms with van der Waals surface area (Å²) < 4.78 is 0. The van der Waals surface area contributed by atoms with Gasteiger partial charge in [-0.2, -0.15) is 4.98 Å². The second-order valence-electron chi connectivity index (χ2n) is 4.72. The number of nitrogen functional groups attached to an aromatic ring is 1. The molecule has 0 bridgehead atoms. The van der Waals surface area contributed by atoms with Gasteiger partial charge in [-0.1, -0.05) is 6.92 Å². The standard InChI is InChI=1S/C11H20N6O/c1-3-8-7-16(2)5-4-6-17(8)10(18)9-13-11(12)15-14-9/h8H,3-7H2,1-2H3,(H3,12,13,14,15). The summed E-state index contributed by atoms with van der Waals surface area (Å²) in [7, 11) is 2.09. The molecular weight excluding hydrogens is 232 g/mol. The van der Waals surface area contributed by atoms with E-state index in [9.17, 15) is 4.79 Å². The summed E-state index contributed by atoms with van der Waals surface area (Å²) >= 11 is 0. The quantitative estimate of drug-likeness (QED) is 0.769. The number of nitrogens with two attached hydrogens (primary N) is 1. The number of rotatable bonds is 2. The van der Waals surface area contributed by atoms with Gasteiger partial charge < -0.3 is 15.5 Å². The molecule has 0 spiro atoms. The lowest BCUT2D eigenvalue weighted by Crippen LogP contribution is -2.43. The minimum atomic E-state index is -0.110. The van der Waals surface area contributed by atoms with E-state index in [-0.39, 0.29) is 23.7 Å². The molecule has 7 heteroatoms. The lowest BCUT2D eigenvalue weighted by molar-refractivity contribution is 0.0663. The molecule has 1 atom stereocenters. The number of carbonyl (C=O) groups excluding carboxylic acids is 1. The van der Waals surface area contributed by atoms with E-state index in [1.165, 1.54) is 0 Å². The molecule has 0 aromatic carbocycles. The summed E-state index contributed by atoms with van der Waals surface area (Å²) in [5.41, 5.74) is 5.43. The molecule has 1 aromatic rings. The van der Waals surface area contributed by atoms with E-state index in [0.29, 0.717) is 0 Å². The van der Waals surface area contributed by atoms with Crippen LogP contribution in [0.15, 0.2) is 0 Å². The van der Waals surface area contributed by atoms with Crippen molar-refractivity contribution >= 4 is 11.9 Å². The van der Waals surface area contributed by atoms with Gasteiger partial charge in [-0.25, -0.2) is 0 Å². The lowest BCUT2D eigenvalue weighted by atomic mass is 10.2. The molecule has 0 aliphatic carbocycles. The highest BCUT2D eigenvalue weighted by molar-refractivity contribution is 5.91. The first-order valence-corrected chi connectivity index (χ1v) is 6.29. The Bertz CT molecular complexity index is 417. The van der Waals surface area contributed by atoms with Crippen LogP contribution in [0, 0.1) is 0 Å². The van der Waals surface area contributed by atoms with Crippen molar-refractivity contribution in [2.45, 2.75) is 25.8 Å². The van der Waals surface area contributed by atoms with Crippen molar-refractivity contribution in [2.75, 3.05) is 32.4 Å². The van der Waals surface area contributed by atoms with Crippen molar-refractivity contribution in [3.05, 3.63) is 5.82 Å². The van der Waals surface area contributed by atoms with E-state index in [1.54, 1.807) is 0 Å². The number of nitrogens with one attached hydrogen (secondary N) is 1. The highest BCUT2D eigenvalue weighted by atomic mass is 16.2. The smallest absolute Gasteiger partial charge is 0.291 e.